The highest BCUT2D eigenvalue weighted by molar-refractivity contribution is 5.99. The smallest absolute Gasteiger partial charge is 0.416 e. The Kier molecular flexibility index (Phi) is 7.31. The number of nitrogens with zero attached hydrogens (tertiary/aromatic N) is 2. The minimum Gasteiger partial charge on any atom is -0.497 e. The Labute approximate surface area is 190 Å². The number of esters is 1. The van der Waals surface area contributed by atoms with E-state index in [-0.39, 0.29) is 13.0 Å². The van der Waals surface area contributed by atoms with Gasteiger partial charge in [0.15, 0.2) is 6.10 Å². The van der Waals surface area contributed by atoms with Gasteiger partial charge in [0.05, 0.1) is 12.7 Å². The summed E-state index contributed by atoms with van der Waals surface area (Å²) in [4.78, 5) is 28.8. The quantitative estimate of drug-likeness (QED) is 0.608. The minimum absolute atomic E-state index is 0.0910. The largest absolute Gasteiger partial charge is 0.497 e. The van der Waals surface area contributed by atoms with Crippen molar-refractivity contribution in [3.63, 3.8) is 0 Å². The van der Waals surface area contributed by atoms with E-state index in [1.807, 2.05) is 19.0 Å². The fraction of sp³-hybridized carbons (Fsp3) is 0.417. The fourth-order valence-corrected chi connectivity index (χ4v) is 3.96. The molecule has 3 rings (SSSR count). The molecule has 9 heteroatoms. The number of methoxy groups -OCH3 is 1. The van der Waals surface area contributed by atoms with Crippen LogP contribution in [0.1, 0.15) is 29.5 Å². The summed E-state index contributed by atoms with van der Waals surface area (Å²) in [6.07, 6.45) is -5.61. The topological polar surface area (TPSA) is 59.1 Å². The number of hydrogen-bond donors (Lipinski definition) is 0. The Balaban J connectivity index is 2.15. The van der Waals surface area contributed by atoms with Crippen molar-refractivity contribution in [2.45, 2.75) is 31.5 Å². The van der Waals surface area contributed by atoms with Crippen LogP contribution < -0.4 is 9.64 Å². The molecule has 0 saturated carbocycles. The van der Waals surface area contributed by atoms with Gasteiger partial charge in [-0.3, -0.25) is 9.59 Å². The molecule has 0 fully saturated rings. The van der Waals surface area contributed by atoms with E-state index in [9.17, 15) is 22.8 Å². The van der Waals surface area contributed by atoms with E-state index in [2.05, 4.69) is 0 Å². The third-order valence-corrected chi connectivity index (χ3v) is 5.62. The van der Waals surface area contributed by atoms with Gasteiger partial charge in [0.2, 0.25) is 0 Å². The molecule has 1 aliphatic rings. The molecule has 1 amide bonds. The molecule has 1 aliphatic heterocycles. The number of alkyl halides is 3. The Morgan fingerprint density at radius 3 is 2.36 bits per heavy atom. The summed E-state index contributed by atoms with van der Waals surface area (Å²) in [7, 11) is 5.18. The zero-order valence-corrected chi connectivity index (χ0v) is 19.0. The number of amides is 1. The Hall–Kier alpha value is -3.07. The zero-order valence-electron chi connectivity index (χ0n) is 19.0. The van der Waals surface area contributed by atoms with Gasteiger partial charge in [-0.1, -0.05) is 12.1 Å². The number of likely N-dealkylation sites (N-methyl/N-ethyl adjacent to an activating group) is 1. The van der Waals surface area contributed by atoms with Crippen LogP contribution in [-0.2, 0) is 26.9 Å². The van der Waals surface area contributed by atoms with E-state index in [1.165, 1.54) is 25.0 Å². The van der Waals surface area contributed by atoms with Gasteiger partial charge in [0, 0.05) is 31.6 Å². The van der Waals surface area contributed by atoms with Crippen molar-refractivity contribution in [1.82, 2.24) is 4.90 Å². The fourth-order valence-electron chi connectivity index (χ4n) is 3.96. The molecule has 2 aromatic rings. The first-order valence-electron chi connectivity index (χ1n) is 10.5. The average molecular weight is 464 g/mol. The van der Waals surface area contributed by atoms with Crippen LogP contribution in [0.3, 0.4) is 0 Å². The molecule has 0 unspecified atom stereocenters. The van der Waals surface area contributed by atoms with E-state index in [1.54, 1.807) is 24.3 Å². The molecule has 0 spiro atoms. The van der Waals surface area contributed by atoms with Crippen molar-refractivity contribution in [3.05, 3.63) is 59.2 Å². The molecular formula is C24H27F3N2O4. The van der Waals surface area contributed by atoms with E-state index < -0.39 is 35.6 Å². The number of fused-ring (bicyclic) bond motifs is 1. The van der Waals surface area contributed by atoms with Gasteiger partial charge in [-0.25, -0.2) is 0 Å². The number of benzene rings is 2. The lowest BCUT2D eigenvalue weighted by Crippen LogP contribution is -2.45. The van der Waals surface area contributed by atoms with Crippen LogP contribution in [-0.4, -0.2) is 57.2 Å². The number of halogens is 3. The Morgan fingerprint density at radius 1 is 1.15 bits per heavy atom. The molecule has 0 N–H and O–H groups in total. The summed E-state index contributed by atoms with van der Waals surface area (Å²) < 4.78 is 51.1. The van der Waals surface area contributed by atoms with Gasteiger partial charge in [-0.15, -0.1) is 0 Å². The van der Waals surface area contributed by atoms with Crippen molar-refractivity contribution < 1.29 is 32.2 Å². The molecule has 178 valence electrons. The van der Waals surface area contributed by atoms with E-state index in [4.69, 9.17) is 9.47 Å². The highest BCUT2D eigenvalue weighted by atomic mass is 19.4. The second kappa shape index (κ2) is 9.82. The number of anilines is 1. The minimum atomic E-state index is -4.52. The third-order valence-electron chi connectivity index (χ3n) is 5.62. The van der Waals surface area contributed by atoms with Gasteiger partial charge in [0.1, 0.15) is 5.75 Å². The summed E-state index contributed by atoms with van der Waals surface area (Å²) in [6.45, 7) is 1.92. The van der Waals surface area contributed by atoms with Gasteiger partial charge in [0.25, 0.3) is 5.91 Å². The van der Waals surface area contributed by atoms with Crippen molar-refractivity contribution in [1.29, 1.82) is 0 Å². The third kappa shape index (κ3) is 5.65. The monoisotopic (exact) mass is 464 g/mol. The van der Waals surface area contributed by atoms with Crippen molar-refractivity contribution >= 4 is 17.6 Å². The predicted octanol–water partition coefficient (Wildman–Crippen LogP) is 3.88. The standard InChI is InChI=1S/C24H27F3N2O4/c1-15(30)33-22-20(16-5-8-19(32-4)9-6-16)14-17-13-18(24(25,26)27)7-10-21(17)29(23(22)31)12-11-28(2)3/h5-10,13,20,22H,11-12,14H2,1-4H3/t20-,22+/m0/s1. The molecule has 2 aromatic carbocycles. The molecule has 0 saturated heterocycles. The first-order valence-corrected chi connectivity index (χ1v) is 10.5. The van der Waals surface area contributed by atoms with Gasteiger partial charge >= 0.3 is 12.1 Å². The lowest BCUT2D eigenvalue weighted by molar-refractivity contribution is -0.154. The van der Waals surface area contributed by atoms with E-state index >= 15 is 0 Å². The first kappa shape index (κ1) is 24.6. The van der Waals surface area contributed by atoms with Crippen molar-refractivity contribution in [3.8, 4) is 5.75 Å². The van der Waals surface area contributed by atoms with E-state index in [0.717, 1.165) is 12.1 Å². The van der Waals surface area contributed by atoms with Crippen LogP contribution in [0.5, 0.6) is 5.75 Å². The SMILES string of the molecule is COc1ccc([C@@H]2Cc3cc(C(F)(F)F)ccc3N(CCN(C)C)C(=O)[C@@H]2OC(C)=O)cc1. The number of carbonyl (C=O) groups is 2. The summed E-state index contributed by atoms with van der Waals surface area (Å²) in [5.74, 6) is -1.18. The molecule has 6 nitrogen and oxygen atoms in total. The molecule has 2 atom stereocenters. The maximum Gasteiger partial charge on any atom is 0.416 e. The van der Waals surface area contributed by atoms with Crippen LogP contribution in [0.4, 0.5) is 18.9 Å². The van der Waals surface area contributed by atoms with Crippen molar-refractivity contribution in [2.75, 3.05) is 39.2 Å². The lowest BCUT2D eigenvalue weighted by atomic mass is 9.87. The molecule has 0 aromatic heterocycles. The predicted molar refractivity (Wildman–Crippen MR) is 117 cm³/mol. The maximum atomic E-state index is 13.6. The Bertz CT molecular complexity index is 1010. The van der Waals surface area contributed by atoms with Crippen LogP contribution >= 0.6 is 0 Å². The lowest BCUT2D eigenvalue weighted by Gasteiger charge is -2.29. The number of carbonyl (C=O) groups excluding carboxylic acids is 2. The summed E-state index contributed by atoms with van der Waals surface area (Å²) >= 11 is 0. The second-order valence-electron chi connectivity index (χ2n) is 8.25. The molecule has 0 bridgehead atoms. The number of hydrogen-bond acceptors (Lipinski definition) is 5. The highest BCUT2D eigenvalue weighted by Crippen LogP contribution is 2.40. The number of ether oxygens (including phenoxy) is 2. The normalized spacial score (nSPS) is 18.7. The van der Waals surface area contributed by atoms with Crippen LogP contribution in [0.2, 0.25) is 0 Å². The molecule has 33 heavy (non-hydrogen) atoms. The van der Waals surface area contributed by atoms with Gasteiger partial charge < -0.3 is 19.3 Å². The molecule has 0 radical (unpaired) electrons. The second-order valence-corrected chi connectivity index (χ2v) is 8.25. The summed E-state index contributed by atoms with van der Waals surface area (Å²) in [5, 5.41) is 0. The van der Waals surface area contributed by atoms with E-state index in [0.29, 0.717) is 29.1 Å². The highest BCUT2D eigenvalue weighted by Gasteiger charge is 2.41. The summed E-state index contributed by atoms with van der Waals surface area (Å²) in [6, 6.07) is 10.2. The van der Waals surface area contributed by atoms with Crippen LogP contribution in [0.15, 0.2) is 42.5 Å². The van der Waals surface area contributed by atoms with Gasteiger partial charge in [-0.05, 0) is 62.0 Å². The van der Waals surface area contributed by atoms with Crippen LogP contribution in [0.25, 0.3) is 0 Å². The molecule has 1 heterocycles. The summed E-state index contributed by atoms with van der Waals surface area (Å²) in [5.41, 5.74) is 0.629. The van der Waals surface area contributed by atoms with Crippen LogP contribution in [0, 0.1) is 0 Å². The van der Waals surface area contributed by atoms with Gasteiger partial charge in [-0.2, -0.15) is 13.2 Å². The molecule has 0 aliphatic carbocycles. The zero-order chi connectivity index (χ0) is 24.3. The van der Waals surface area contributed by atoms with Crippen molar-refractivity contribution in [2.24, 2.45) is 0 Å². The average Bonchev–Trinajstić information content (AvgIpc) is 2.86. The first-order chi connectivity index (χ1) is 15.5. The number of rotatable bonds is 6. The Morgan fingerprint density at radius 2 is 1.82 bits per heavy atom. The maximum absolute atomic E-state index is 13.6. The molecular weight excluding hydrogens is 437 g/mol.